The van der Waals surface area contributed by atoms with Crippen LogP contribution < -0.4 is 5.32 Å². The molecule has 0 amide bonds. The monoisotopic (exact) mass is 289 g/mol. The Kier molecular flexibility index (Phi) is 6.58. The van der Waals surface area contributed by atoms with E-state index in [-0.39, 0.29) is 10.9 Å². The van der Waals surface area contributed by atoms with E-state index in [1.165, 1.54) is 6.07 Å². The summed E-state index contributed by atoms with van der Waals surface area (Å²) < 4.78 is 38.6. The van der Waals surface area contributed by atoms with E-state index in [0.717, 1.165) is 25.1 Å². The highest BCUT2D eigenvalue weighted by atomic mass is 32.2. The Bertz CT molecular complexity index is 439. The molecule has 0 saturated heterocycles. The van der Waals surface area contributed by atoms with Crippen LogP contribution in [0.1, 0.15) is 27.2 Å². The van der Waals surface area contributed by atoms with E-state index in [1.807, 2.05) is 6.92 Å². The maximum atomic E-state index is 13.6. The third-order valence-electron chi connectivity index (χ3n) is 3.27. The molecule has 19 heavy (non-hydrogen) atoms. The van der Waals surface area contributed by atoms with Crippen LogP contribution in [0.5, 0.6) is 0 Å². The van der Waals surface area contributed by atoms with Crippen LogP contribution in [0.25, 0.3) is 0 Å². The van der Waals surface area contributed by atoms with E-state index in [1.54, 1.807) is 0 Å². The van der Waals surface area contributed by atoms with E-state index in [0.29, 0.717) is 11.7 Å². The van der Waals surface area contributed by atoms with Gasteiger partial charge in [-0.1, -0.05) is 27.2 Å². The fourth-order valence-electron chi connectivity index (χ4n) is 1.88. The van der Waals surface area contributed by atoms with Crippen LogP contribution in [-0.2, 0) is 10.8 Å². The predicted molar refractivity (Wildman–Crippen MR) is 74.6 cm³/mol. The number of nitrogens with one attached hydrogen (secondary N) is 1. The number of benzene rings is 1. The van der Waals surface area contributed by atoms with Crippen LogP contribution in [0.2, 0.25) is 0 Å². The molecule has 1 aromatic carbocycles. The summed E-state index contributed by atoms with van der Waals surface area (Å²) in [5.41, 5.74) is 0. The first-order chi connectivity index (χ1) is 8.99. The van der Waals surface area contributed by atoms with Gasteiger partial charge in [-0.3, -0.25) is 4.21 Å². The molecule has 108 valence electrons. The van der Waals surface area contributed by atoms with E-state index < -0.39 is 22.4 Å². The SMILES string of the molecule is CCNC(CS(=O)c1ccc(F)cc1F)C(C)CC. The Balaban J connectivity index is 2.81. The lowest BCUT2D eigenvalue weighted by molar-refractivity contribution is 0.401. The van der Waals surface area contributed by atoms with Crippen LogP contribution in [0, 0.1) is 17.6 Å². The zero-order valence-electron chi connectivity index (χ0n) is 11.6. The lowest BCUT2D eigenvalue weighted by Gasteiger charge is -2.23. The summed E-state index contributed by atoms with van der Waals surface area (Å²) in [4.78, 5) is 0.0765. The molecule has 0 saturated carbocycles. The van der Waals surface area contributed by atoms with Crippen molar-refractivity contribution in [3.8, 4) is 0 Å². The Morgan fingerprint density at radius 1 is 1.32 bits per heavy atom. The van der Waals surface area contributed by atoms with Crippen molar-refractivity contribution in [1.29, 1.82) is 0 Å². The molecule has 1 N–H and O–H groups in total. The van der Waals surface area contributed by atoms with Gasteiger partial charge < -0.3 is 5.32 Å². The first-order valence-electron chi connectivity index (χ1n) is 6.56. The maximum absolute atomic E-state index is 13.6. The molecule has 0 aromatic heterocycles. The Hall–Kier alpha value is -0.810. The van der Waals surface area contributed by atoms with Gasteiger partial charge in [0.25, 0.3) is 0 Å². The molecule has 3 unspecified atom stereocenters. The second-order valence-corrected chi connectivity index (χ2v) is 6.10. The van der Waals surface area contributed by atoms with Crippen LogP contribution in [-0.4, -0.2) is 22.5 Å². The molecule has 0 aliphatic rings. The summed E-state index contributed by atoms with van der Waals surface area (Å²) >= 11 is 0. The molecule has 5 heteroatoms. The van der Waals surface area contributed by atoms with Gasteiger partial charge in [0, 0.05) is 17.9 Å². The minimum Gasteiger partial charge on any atom is -0.313 e. The van der Waals surface area contributed by atoms with Gasteiger partial charge in [0.05, 0.1) is 15.7 Å². The van der Waals surface area contributed by atoms with Crippen LogP contribution in [0.15, 0.2) is 23.1 Å². The van der Waals surface area contributed by atoms with Crippen molar-refractivity contribution < 1.29 is 13.0 Å². The number of halogens is 2. The van der Waals surface area contributed by atoms with Crippen molar-refractivity contribution in [2.24, 2.45) is 5.92 Å². The highest BCUT2D eigenvalue weighted by molar-refractivity contribution is 7.85. The molecule has 0 radical (unpaired) electrons. The molecular formula is C14H21F2NOS. The molecular weight excluding hydrogens is 268 g/mol. The van der Waals surface area contributed by atoms with Gasteiger partial charge in [-0.25, -0.2) is 8.78 Å². The van der Waals surface area contributed by atoms with E-state index >= 15 is 0 Å². The zero-order valence-corrected chi connectivity index (χ0v) is 12.4. The van der Waals surface area contributed by atoms with Gasteiger partial charge in [-0.2, -0.15) is 0 Å². The van der Waals surface area contributed by atoms with Gasteiger partial charge >= 0.3 is 0 Å². The molecule has 3 atom stereocenters. The van der Waals surface area contributed by atoms with Gasteiger partial charge in [0.15, 0.2) is 0 Å². The summed E-state index contributed by atoms with van der Waals surface area (Å²) in [7, 11) is -1.46. The van der Waals surface area contributed by atoms with E-state index in [4.69, 9.17) is 0 Å². The average Bonchev–Trinajstić information content (AvgIpc) is 2.37. The van der Waals surface area contributed by atoms with Crippen molar-refractivity contribution in [2.75, 3.05) is 12.3 Å². The lowest BCUT2D eigenvalue weighted by atomic mass is 10.0. The van der Waals surface area contributed by atoms with Crippen molar-refractivity contribution in [1.82, 2.24) is 5.32 Å². The predicted octanol–water partition coefficient (Wildman–Crippen LogP) is 3.10. The van der Waals surface area contributed by atoms with Gasteiger partial charge in [0.2, 0.25) is 0 Å². The van der Waals surface area contributed by atoms with Gasteiger partial charge in [-0.15, -0.1) is 0 Å². The molecule has 0 heterocycles. The topological polar surface area (TPSA) is 29.1 Å². The van der Waals surface area contributed by atoms with Crippen molar-refractivity contribution in [3.05, 3.63) is 29.8 Å². The molecule has 0 aliphatic carbocycles. The second kappa shape index (κ2) is 7.70. The molecule has 0 spiro atoms. The number of hydrogen-bond acceptors (Lipinski definition) is 2. The molecule has 2 nitrogen and oxygen atoms in total. The minimum atomic E-state index is -1.46. The maximum Gasteiger partial charge on any atom is 0.142 e. The van der Waals surface area contributed by atoms with Crippen LogP contribution in [0.4, 0.5) is 8.78 Å². The van der Waals surface area contributed by atoms with E-state index in [9.17, 15) is 13.0 Å². The summed E-state index contributed by atoms with van der Waals surface area (Å²) in [6.07, 6.45) is 0.959. The molecule has 1 aromatic rings. The Morgan fingerprint density at radius 2 is 2.00 bits per heavy atom. The average molecular weight is 289 g/mol. The van der Waals surface area contributed by atoms with E-state index in [2.05, 4.69) is 19.2 Å². The number of rotatable bonds is 7. The highest BCUT2D eigenvalue weighted by Gasteiger charge is 2.20. The molecule has 1 rings (SSSR count). The first kappa shape index (κ1) is 16.2. The minimum absolute atomic E-state index is 0.0697. The highest BCUT2D eigenvalue weighted by Crippen LogP contribution is 2.17. The zero-order chi connectivity index (χ0) is 14.4. The standard InChI is InChI=1S/C14H21F2NOS/c1-4-10(3)13(17-5-2)9-19(18)14-7-6-11(15)8-12(14)16/h6-8,10,13,17H,4-5,9H2,1-3H3. The van der Waals surface area contributed by atoms with Gasteiger partial charge in [-0.05, 0) is 24.6 Å². The normalized spacial score (nSPS) is 16.1. The lowest BCUT2D eigenvalue weighted by Crippen LogP contribution is -2.39. The van der Waals surface area contributed by atoms with Gasteiger partial charge in [0.1, 0.15) is 11.6 Å². The summed E-state index contributed by atoms with van der Waals surface area (Å²) in [6.45, 7) is 6.90. The molecule has 0 bridgehead atoms. The quantitative estimate of drug-likeness (QED) is 0.835. The fraction of sp³-hybridized carbons (Fsp3) is 0.571. The summed E-state index contributed by atoms with van der Waals surface area (Å²) in [6, 6.07) is 3.25. The summed E-state index contributed by atoms with van der Waals surface area (Å²) in [5, 5.41) is 3.28. The smallest absolute Gasteiger partial charge is 0.142 e. The first-order valence-corrected chi connectivity index (χ1v) is 7.88. The van der Waals surface area contributed by atoms with Crippen molar-refractivity contribution >= 4 is 10.8 Å². The largest absolute Gasteiger partial charge is 0.313 e. The molecule has 0 fully saturated rings. The third kappa shape index (κ3) is 4.66. The van der Waals surface area contributed by atoms with Crippen molar-refractivity contribution in [2.45, 2.75) is 38.1 Å². The fourth-order valence-corrected chi connectivity index (χ4v) is 3.33. The summed E-state index contributed by atoms with van der Waals surface area (Å²) in [5.74, 6) is -0.695. The van der Waals surface area contributed by atoms with Crippen LogP contribution >= 0.6 is 0 Å². The second-order valence-electron chi connectivity index (χ2n) is 4.64. The van der Waals surface area contributed by atoms with Crippen molar-refractivity contribution in [3.63, 3.8) is 0 Å². The Labute approximate surface area is 116 Å². The van der Waals surface area contributed by atoms with Crippen LogP contribution in [0.3, 0.4) is 0 Å². The Morgan fingerprint density at radius 3 is 2.53 bits per heavy atom. The number of hydrogen-bond donors (Lipinski definition) is 1. The molecule has 0 aliphatic heterocycles. The third-order valence-corrected chi connectivity index (χ3v) is 4.75.